The minimum Gasteiger partial charge on any atom is -0.462 e. The number of esters is 2. The minimum absolute atomic E-state index is 0.0377. The van der Waals surface area contributed by atoms with Crippen LogP contribution in [0, 0.1) is 0 Å². The minimum atomic E-state index is -0.412. The van der Waals surface area contributed by atoms with Gasteiger partial charge in [-0.1, -0.05) is 48.5 Å². The SMILES string of the molecule is CC(=O)OCCOC(=O)c1c2ccccc2cc2ccccc12. The molecule has 0 heterocycles. The molecule has 3 aromatic rings. The van der Waals surface area contributed by atoms with Gasteiger partial charge in [0.25, 0.3) is 0 Å². The molecule has 0 amide bonds. The first kappa shape index (κ1) is 15.0. The predicted octanol–water partition coefficient (Wildman–Crippen LogP) is 3.71. The first-order chi connectivity index (χ1) is 11.2. The number of fused-ring (bicyclic) bond motifs is 2. The molecule has 0 spiro atoms. The monoisotopic (exact) mass is 308 g/mol. The van der Waals surface area contributed by atoms with Gasteiger partial charge in [-0.3, -0.25) is 4.79 Å². The Labute approximate surface area is 133 Å². The van der Waals surface area contributed by atoms with Gasteiger partial charge in [-0.05, 0) is 27.6 Å². The van der Waals surface area contributed by atoms with Crippen LogP contribution in [0.5, 0.6) is 0 Å². The number of hydrogen-bond donors (Lipinski definition) is 0. The van der Waals surface area contributed by atoms with Gasteiger partial charge < -0.3 is 9.47 Å². The highest BCUT2D eigenvalue weighted by Gasteiger charge is 2.16. The largest absolute Gasteiger partial charge is 0.462 e. The highest BCUT2D eigenvalue weighted by atomic mass is 16.6. The van der Waals surface area contributed by atoms with E-state index in [-0.39, 0.29) is 13.2 Å². The molecule has 0 aromatic heterocycles. The molecule has 0 saturated carbocycles. The summed E-state index contributed by atoms with van der Waals surface area (Å²) in [5.41, 5.74) is 0.543. The average molecular weight is 308 g/mol. The molecule has 0 aliphatic carbocycles. The van der Waals surface area contributed by atoms with Crippen LogP contribution in [0.3, 0.4) is 0 Å². The molecule has 23 heavy (non-hydrogen) atoms. The van der Waals surface area contributed by atoms with Crippen molar-refractivity contribution >= 4 is 33.5 Å². The lowest BCUT2D eigenvalue weighted by atomic mass is 9.97. The fraction of sp³-hybridized carbons (Fsp3) is 0.158. The Hall–Kier alpha value is -2.88. The van der Waals surface area contributed by atoms with Crippen molar-refractivity contribution in [2.45, 2.75) is 6.92 Å². The molecule has 0 aliphatic rings. The summed E-state index contributed by atoms with van der Waals surface area (Å²) in [4.78, 5) is 23.3. The van der Waals surface area contributed by atoms with Crippen molar-refractivity contribution in [3.8, 4) is 0 Å². The number of carbonyl (C=O) groups is 2. The van der Waals surface area contributed by atoms with E-state index in [1.807, 2.05) is 48.5 Å². The molecule has 3 rings (SSSR count). The Morgan fingerprint density at radius 2 is 1.35 bits per heavy atom. The zero-order valence-corrected chi connectivity index (χ0v) is 12.7. The summed E-state index contributed by atoms with van der Waals surface area (Å²) in [5, 5.41) is 3.67. The number of rotatable bonds is 4. The first-order valence-corrected chi connectivity index (χ1v) is 7.38. The molecule has 0 radical (unpaired) electrons. The van der Waals surface area contributed by atoms with E-state index in [4.69, 9.17) is 9.47 Å². The smallest absolute Gasteiger partial charge is 0.339 e. The molecule has 0 bridgehead atoms. The highest BCUT2D eigenvalue weighted by Crippen LogP contribution is 2.28. The summed E-state index contributed by atoms with van der Waals surface area (Å²) in [7, 11) is 0. The summed E-state index contributed by atoms with van der Waals surface area (Å²) in [6.45, 7) is 1.42. The standard InChI is InChI=1S/C19H16O4/c1-13(20)22-10-11-23-19(21)18-16-8-4-2-6-14(16)12-15-7-3-5-9-17(15)18/h2-9,12H,10-11H2,1H3. The van der Waals surface area contributed by atoms with E-state index >= 15 is 0 Å². The zero-order chi connectivity index (χ0) is 16.2. The third kappa shape index (κ3) is 3.16. The van der Waals surface area contributed by atoms with E-state index in [1.54, 1.807) is 0 Å². The fourth-order valence-corrected chi connectivity index (χ4v) is 2.63. The Bertz CT molecular complexity index is 829. The van der Waals surface area contributed by atoms with Gasteiger partial charge in [0, 0.05) is 6.92 Å². The molecule has 0 N–H and O–H groups in total. The van der Waals surface area contributed by atoms with Crippen LogP contribution in [0.4, 0.5) is 0 Å². The third-order valence-electron chi connectivity index (χ3n) is 3.60. The number of hydrogen-bond acceptors (Lipinski definition) is 4. The maximum absolute atomic E-state index is 12.6. The Balaban J connectivity index is 1.99. The zero-order valence-electron chi connectivity index (χ0n) is 12.7. The van der Waals surface area contributed by atoms with Gasteiger partial charge in [-0.15, -0.1) is 0 Å². The van der Waals surface area contributed by atoms with Crippen LogP contribution < -0.4 is 0 Å². The van der Waals surface area contributed by atoms with Gasteiger partial charge in [0.1, 0.15) is 13.2 Å². The van der Waals surface area contributed by atoms with Gasteiger partial charge >= 0.3 is 11.9 Å². The van der Waals surface area contributed by atoms with Crippen molar-refractivity contribution in [1.82, 2.24) is 0 Å². The van der Waals surface area contributed by atoms with Gasteiger partial charge in [0.05, 0.1) is 5.56 Å². The van der Waals surface area contributed by atoms with Crippen molar-refractivity contribution in [3.63, 3.8) is 0 Å². The Kier molecular flexibility index (Phi) is 4.24. The second-order valence-electron chi connectivity index (χ2n) is 5.17. The summed E-state index contributed by atoms with van der Waals surface area (Å²) >= 11 is 0. The van der Waals surface area contributed by atoms with E-state index in [2.05, 4.69) is 6.07 Å². The first-order valence-electron chi connectivity index (χ1n) is 7.38. The third-order valence-corrected chi connectivity index (χ3v) is 3.60. The number of benzene rings is 3. The van der Waals surface area contributed by atoms with Gasteiger partial charge in [-0.25, -0.2) is 4.79 Å². The van der Waals surface area contributed by atoms with Crippen molar-refractivity contribution in [1.29, 1.82) is 0 Å². The van der Waals surface area contributed by atoms with Gasteiger partial charge in [0.15, 0.2) is 0 Å². The second-order valence-corrected chi connectivity index (χ2v) is 5.17. The molecule has 0 atom stereocenters. The molecule has 116 valence electrons. The summed E-state index contributed by atoms with van der Waals surface area (Å²) in [6.07, 6.45) is 0. The predicted molar refractivity (Wildman–Crippen MR) is 88.4 cm³/mol. The second kappa shape index (κ2) is 6.48. The Morgan fingerprint density at radius 3 is 1.91 bits per heavy atom. The highest BCUT2D eigenvalue weighted by molar-refractivity contribution is 6.16. The molecule has 3 aromatic carbocycles. The fourth-order valence-electron chi connectivity index (χ4n) is 2.63. The molecule has 4 nitrogen and oxygen atoms in total. The topological polar surface area (TPSA) is 52.6 Å². The van der Waals surface area contributed by atoms with Crippen LogP contribution in [-0.4, -0.2) is 25.2 Å². The molecular weight excluding hydrogens is 292 g/mol. The van der Waals surface area contributed by atoms with Crippen LogP contribution in [0.25, 0.3) is 21.5 Å². The van der Waals surface area contributed by atoms with Crippen LogP contribution in [-0.2, 0) is 14.3 Å². The lowest BCUT2D eigenvalue weighted by Crippen LogP contribution is -2.13. The normalized spacial score (nSPS) is 10.7. The lowest BCUT2D eigenvalue weighted by Gasteiger charge is -2.11. The van der Waals surface area contributed by atoms with Crippen LogP contribution in [0.2, 0.25) is 0 Å². The summed E-state index contributed by atoms with van der Waals surface area (Å²) in [6, 6.07) is 17.5. The maximum Gasteiger partial charge on any atom is 0.339 e. The molecule has 4 heteroatoms. The van der Waals surface area contributed by atoms with Crippen LogP contribution in [0.15, 0.2) is 54.6 Å². The van der Waals surface area contributed by atoms with Gasteiger partial charge in [-0.2, -0.15) is 0 Å². The maximum atomic E-state index is 12.6. The summed E-state index contributed by atoms with van der Waals surface area (Å²) in [5.74, 6) is -0.804. The van der Waals surface area contributed by atoms with Crippen molar-refractivity contribution in [2.75, 3.05) is 13.2 Å². The van der Waals surface area contributed by atoms with E-state index in [9.17, 15) is 9.59 Å². The van der Waals surface area contributed by atoms with E-state index in [1.165, 1.54) is 6.92 Å². The quantitative estimate of drug-likeness (QED) is 0.419. The average Bonchev–Trinajstić information content (AvgIpc) is 2.56. The van der Waals surface area contributed by atoms with Crippen molar-refractivity contribution in [3.05, 3.63) is 60.2 Å². The van der Waals surface area contributed by atoms with Gasteiger partial charge in [0.2, 0.25) is 0 Å². The van der Waals surface area contributed by atoms with Crippen molar-refractivity contribution < 1.29 is 19.1 Å². The Morgan fingerprint density at radius 1 is 0.826 bits per heavy atom. The molecule has 0 aliphatic heterocycles. The van der Waals surface area contributed by atoms with E-state index in [0.29, 0.717) is 5.56 Å². The van der Waals surface area contributed by atoms with Crippen molar-refractivity contribution in [2.24, 2.45) is 0 Å². The van der Waals surface area contributed by atoms with Crippen LogP contribution in [0.1, 0.15) is 17.3 Å². The molecule has 0 saturated heterocycles. The lowest BCUT2D eigenvalue weighted by molar-refractivity contribution is -0.142. The number of ether oxygens (including phenoxy) is 2. The van der Waals surface area contributed by atoms with E-state index in [0.717, 1.165) is 21.5 Å². The molecule has 0 fully saturated rings. The van der Waals surface area contributed by atoms with E-state index < -0.39 is 11.9 Å². The molecule has 0 unspecified atom stereocenters. The molecular formula is C19H16O4. The number of carbonyl (C=O) groups excluding carboxylic acids is 2. The van der Waals surface area contributed by atoms with Crippen LogP contribution >= 0.6 is 0 Å². The summed E-state index contributed by atoms with van der Waals surface area (Å²) < 4.78 is 10.1.